The predicted molar refractivity (Wildman–Crippen MR) is 201 cm³/mol. The van der Waals surface area contributed by atoms with Crippen molar-refractivity contribution in [2.75, 3.05) is 11.5 Å². The van der Waals surface area contributed by atoms with Crippen LogP contribution in [0.25, 0.3) is 22.0 Å². The number of alkyl carbamates (subject to hydrolysis) is 1. The van der Waals surface area contributed by atoms with Crippen molar-refractivity contribution >= 4 is 46.4 Å². The van der Waals surface area contributed by atoms with E-state index in [4.69, 9.17) is 9.47 Å². The van der Waals surface area contributed by atoms with Gasteiger partial charge in [0.2, 0.25) is 11.8 Å². The molecule has 1 aliphatic rings. The van der Waals surface area contributed by atoms with E-state index in [0.29, 0.717) is 0 Å². The molecular formula is C42H42N4O7. The fourth-order valence-electron chi connectivity index (χ4n) is 6.53. The fraction of sp³-hybridized carbons (Fsp3) is 0.262. The Morgan fingerprint density at radius 2 is 1.40 bits per heavy atom. The minimum Gasteiger partial charge on any atom is -0.449 e. The number of aromatic nitrogens is 1. The number of carbonyl (C=O) groups is 5. The molecule has 11 heteroatoms. The van der Waals surface area contributed by atoms with Crippen molar-refractivity contribution < 1.29 is 33.4 Å². The highest BCUT2D eigenvalue weighted by atomic mass is 16.6. The number of hydrogen-bond donors (Lipinski definition) is 3. The van der Waals surface area contributed by atoms with Gasteiger partial charge in [-0.15, -0.1) is 0 Å². The molecule has 4 amide bonds. The summed E-state index contributed by atoms with van der Waals surface area (Å²) in [7, 11) is 0. The van der Waals surface area contributed by atoms with Gasteiger partial charge in [0.05, 0.1) is 18.2 Å². The molecule has 1 heterocycles. The summed E-state index contributed by atoms with van der Waals surface area (Å²) >= 11 is 0. The van der Waals surface area contributed by atoms with E-state index in [1.165, 1.54) is 6.92 Å². The fourth-order valence-corrected chi connectivity index (χ4v) is 6.53. The van der Waals surface area contributed by atoms with Crippen LogP contribution >= 0.6 is 0 Å². The number of hydrogen-bond acceptors (Lipinski definition) is 7. The molecule has 4 aromatic carbocycles. The number of Topliss-reactive ketones (excluding diaryl/α,β-unsaturated/α-hetero) is 1. The molecule has 0 saturated heterocycles. The maximum atomic E-state index is 14.0. The van der Waals surface area contributed by atoms with Crippen molar-refractivity contribution in [3.05, 3.63) is 126 Å². The second-order valence-corrected chi connectivity index (χ2v) is 14.0. The van der Waals surface area contributed by atoms with E-state index in [2.05, 4.69) is 15.6 Å². The third-order valence-corrected chi connectivity index (χ3v) is 9.04. The van der Waals surface area contributed by atoms with Gasteiger partial charge in [-0.25, -0.2) is 14.5 Å². The zero-order valence-electron chi connectivity index (χ0n) is 30.1. The third-order valence-electron chi connectivity index (χ3n) is 9.04. The van der Waals surface area contributed by atoms with E-state index in [0.717, 1.165) is 43.6 Å². The molecule has 11 nitrogen and oxygen atoms in total. The minimum absolute atomic E-state index is 0.0390. The van der Waals surface area contributed by atoms with E-state index < -0.39 is 53.9 Å². The Balaban J connectivity index is 1.15. The number of imide groups is 1. The number of ketones is 1. The maximum Gasteiger partial charge on any atom is 0.421 e. The van der Waals surface area contributed by atoms with Gasteiger partial charge in [0.1, 0.15) is 18.2 Å². The van der Waals surface area contributed by atoms with Gasteiger partial charge in [0, 0.05) is 29.4 Å². The standard InChI is InChI=1S/C42H42N4O7/c1-26(44-40(50)52-25-34-32-19-10-8-17-30(32)31-18-9-11-20-33(31)34)39(49)45-36(22-27-24-43-35-21-13-12-16-29(27)35)37(47)23-38(48)46(28-14-6-5-7-15-28)41(51)53-42(2,3)4/h5-21,24,26,34,36,43H,22-23,25H2,1-4H3,(H,44,50)(H,45,49)/t26-,36+/m0/s1. The molecule has 0 aliphatic heterocycles. The quantitative estimate of drug-likeness (QED) is 0.124. The normalized spacial score (nSPS) is 13.3. The summed E-state index contributed by atoms with van der Waals surface area (Å²) < 4.78 is 11.1. The van der Waals surface area contributed by atoms with Crippen LogP contribution in [0.5, 0.6) is 0 Å². The van der Waals surface area contributed by atoms with Crippen molar-refractivity contribution in [1.29, 1.82) is 0 Å². The number of anilines is 1. The summed E-state index contributed by atoms with van der Waals surface area (Å²) in [5.41, 5.74) is 5.18. The first-order chi connectivity index (χ1) is 25.4. The molecule has 1 aromatic heterocycles. The van der Waals surface area contributed by atoms with Gasteiger partial charge in [-0.2, -0.15) is 0 Å². The molecule has 2 atom stereocenters. The lowest BCUT2D eigenvalue weighted by Gasteiger charge is -2.27. The Hall–Kier alpha value is -6.23. The molecule has 0 fully saturated rings. The summed E-state index contributed by atoms with van der Waals surface area (Å²) in [6.45, 7) is 6.57. The highest BCUT2D eigenvalue weighted by Crippen LogP contribution is 2.44. The van der Waals surface area contributed by atoms with Gasteiger partial charge in [0.25, 0.3) is 0 Å². The Kier molecular flexibility index (Phi) is 10.7. The molecule has 0 unspecified atom stereocenters. The van der Waals surface area contributed by atoms with Crippen molar-refractivity contribution in [3.63, 3.8) is 0 Å². The molecule has 53 heavy (non-hydrogen) atoms. The SMILES string of the molecule is C[C@H](NC(=O)OCC1c2ccccc2-c2ccccc21)C(=O)N[C@H](Cc1c[nH]c2ccccc12)C(=O)CC(=O)N(C(=O)OC(C)(C)C)c1ccccc1. The summed E-state index contributed by atoms with van der Waals surface area (Å²) in [4.78, 5) is 71.5. The van der Waals surface area contributed by atoms with Gasteiger partial charge in [-0.1, -0.05) is 84.9 Å². The second kappa shape index (κ2) is 15.6. The number of amides is 4. The lowest BCUT2D eigenvalue weighted by atomic mass is 9.98. The van der Waals surface area contributed by atoms with Gasteiger partial charge in [-0.05, 0) is 73.7 Å². The van der Waals surface area contributed by atoms with Crippen LogP contribution in [-0.2, 0) is 30.3 Å². The van der Waals surface area contributed by atoms with Crippen molar-refractivity contribution in [2.45, 2.75) is 64.1 Å². The van der Waals surface area contributed by atoms with Crippen LogP contribution in [0.15, 0.2) is 109 Å². The highest BCUT2D eigenvalue weighted by molar-refractivity contribution is 6.18. The number of para-hydroxylation sites is 2. The smallest absolute Gasteiger partial charge is 0.421 e. The first-order valence-electron chi connectivity index (χ1n) is 17.5. The van der Waals surface area contributed by atoms with Gasteiger partial charge >= 0.3 is 12.2 Å². The Morgan fingerprint density at radius 1 is 0.792 bits per heavy atom. The molecule has 272 valence electrons. The van der Waals surface area contributed by atoms with E-state index in [-0.39, 0.29) is 24.6 Å². The number of benzene rings is 4. The van der Waals surface area contributed by atoms with Crippen LogP contribution in [0, 0.1) is 0 Å². The van der Waals surface area contributed by atoms with Crippen LogP contribution in [-0.4, -0.2) is 59.1 Å². The zero-order valence-corrected chi connectivity index (χ0v) is 30.1. The lowest BCUT2D eigenvalue weighted by Crippen LogP contribution is -2.52. The number of nitrogens with one attached hydrogen (secondary N) is 3. The van der Waals surface area contributed by atoms with E-state index in [1.807, 2.05) is 72.8 Å². The van der Waals surface area contributed by atoms with E-state index >= 15 is 0 Å². The first kappa shape index (κ1) is 36.6. The first-order valence-corrected chi connectivity index (χ1v) is 17.5. The monoisotopic (exact) mass is 714 g/mol. The van der Waals surface area contributed by atoms with Crippen LogP contribution in [0.4, 0.5) is 15.3 Å². The lowest BCUT2D eigenvalue weighted by molar-refractivity contribution is -0.131. The topological polar surface area (TPSA) is 147 Å². The molecule has 5 aromatic rings. The number of carbonyl (C=O) groups excluding carboxylic acids is 5. The number of fused-ring (bicyclic) bond motifs is 4. The second-order valence-electron chi connectivity index (χ2n) is 14.0. The zero-order chi connectivity index (χ0) is 37.7. The number of nitrogens with zero attached hydrogens (tertiary/aromatic N) is 1. The van der Waals surface area contributed by atoms with Gasteiger partial charge in [0.15, 0.2) is 5.78 Å². The van der Waals surface area contributed by atoms with Crippen molar-refractivity contribution in [3.8, 4) is 11.1 Å². The summed E-state index contributed by atoms with van der Waals surface area (Å²) in [6.07, 6.45) is -0.652. The number of rotatable bonds is 11. The van der Waals surface area contributed by atoms with E-state index in [9.17, 15) is 24.0 Å². The van der Waals surface area contributed by atoms with Gasteiger partial charge < -0.3 is 25.1 Å². The number of aromatic amines is 1. The molecule has 1 aliphatic carbocycles. The molecular weight excluding hydrogens is 672 g/mol. The van der Waals surface area contributed by atoms with Crippen molar-refractivity contribution in [1.82, 2.24) is 15.6 Å². The molecule has 0 spiro atoms. The molecule has 0 bridgehead atoms. The average Bonchev–Trinajstić information content (AvgIpc) is 3.68. The third kappa shape index (κ3) is 8.47. The maximum absolute atomic E-state index is 14.0. The number of ether oxygens (including phenoxy) is 2. The van der Waals surface area contributed by atoms with Crippen molar-refractivity contribution in [2.24, 2.45) is 0 Å². The highest BCUT2D eigenvalue weighted by Gasteiger charge is 2.34. The Bertz CT molecular complexity index is 2110. The van der Waals surface area contributed by atoms with Crippen LogP contribution in [0.1, 0.15) is 56.7 Å². The van der Waals surface area contributed by atoms with Gasteiger partial charge in [-0.3, -0.25) is 14.4 Å². The number of H-pyrrole nitrogens is 1. The van der Waals surface area contributed by atoms with Crippen LogP contribution in [0.3, 0.4) is 0 Å². The predicted octanol–water partition coefficient (Wildman–Crippen LogP) is 7.05. The Labute approximate surface area is 307 Å². The largest absolute Gasteiger partial charge is 0.449 e. The molecule has 6 rings (SSSR count). The molecule has 0 radical (unpaired) electrons. The summed E-state index contributed by atoms with van der Waals surface area (Å²) in [5, 5.41) is 6.16. The summed E-state index contributed by atoms with van der Waals surface area (Å²) in [5.74, 6) is -2.27. The van der Waals surface area contributed by atoms with Crippen LogP contribution in [0.2, 0.25) is 0 Å². The summed E-state index contributed by atoms with van der Waals surface area (Å²) in [6, 6.07) is 29.3. The Morgan fingerprint density at radius 3 is 2.06 bits per heavy atom. The van der Waals surface area contributed by atoms with E-state index in [1.54, 1.807) is 57.3 Å². The minimum atomic E-state index is -1.19. The molecule has 3 N–H and O–H groups in total. The van der Waals surface area contributed by atoms with Crippen LogP contribution < -0.4 is 15.5 Å². The molecule has 0 saturated carbocycles. The average molecular weight is 715 g/mol.